The maximum absolute atomic E-state index is 13.0. The van der Waals surface area contributed by atoms with Crippen molar-refractivity contribution in [1.29, 1.82) is 10.8 Å². The summed E-state index contributed by atoms with van der Waals surface area (Å²) in [6.45, 7) is 5.31. The third-order valence-corrected chi connectivity index (χ3v) is 4.85. The molecule has 0 aliphatic carbocycles. The molecule has 0 saturated heterocycles. The van der Waals surface area contributed by atoms with Crippen LogP contribution in [0.4, 0.5) is 26.1 Å². The number of fused-ring (bicyclic) bond motifs is 1. The van der Waals surface area contributed by atoms with Gasteiger partial charge < -0.3 is 15.4 Å². The third-order valence-electron chi connectivity index (χ3n) is 4.85. The van der Waals surface area contributed by atoms with Crippen molar-refractivity contribution >= 4 is 22.8 Å². The monoisotopic (exact) mass is 442 g/mol. The molecule has 0 bridgehead atoms. The van der Waals surface area contributed by atoms with E-state index in [4.69, 9.17) is 10.3 Å². The number of benzene rings is 1. The van der Waals surface area contributed by atoms with E-state index in [1.54, 1.807) is 42.8 Å². The molecule has 32 heavy (non-hydrogen) atoms. The minimum Gasteiger partial charge on any atom is -0.479 e. The van der Waals surface area contributed by atoms with Crippen molar-refractivity contribution in [2.75, 3.05) is 24.3 Å². The minimum absolute atomic E-state index is 0.250. The van der Waals surface area contributed by atoms with E-state index in [-0.39, 0.29) is 5.69 Å². The van der Waals surface area contributed by atoms with Crippen molar-refractivity contribution in [3.63, 3.8) is 0 Å². The van der Waals surface area contributed by atoms with E-state index in [2.05, 4.69) is 31.9 Å². The maximum atomic E-state index is 13.0. The molecule has 2 heterocycles. The second-order valence-electron chi connectivity index (χ2n) is 7.93. The van der Waals surface area contributed by atoms with Gasteiger partial charge in [-0.15, -0.1) is 5.10 Å². The van der Waals surface area contributed by atoms with Crippen molar-refractivity contribution in [3.8, 4) is 23.1 Å². The number of aromatic nitrogens is 3. The Morgan fingerprint density at radius 1 is 1.34 bits per heavy atom. The molecule has 0 spiro atoms. The molecule has 3 rings (SSSR count). The molecule has 168 valence electrons. The summed E-state index contributed by atoms with van der Waals surface area (Å²) in [4.78, 5) is 4.40. The third kappa shape index (κ3) is 4.74. The van der Waals surface area contributed by atoms with Crippen LogP contribution in [0.5, 0.6) is 5.88 Å². The van der Waals surface area contributed by atoms with Crippen molar-refractivity contribution < 1.29 is 13.5 Å². The number of hydrogen-bond donors (Lipinski definition) is 3. The Hall–Kier alpha value is -3.81. The summed E-state index contributed by atoms with van der Waals surface area (Å²) in [5.41, 5.74) is 9.29. The van der Waals surface area contributed by atoms with Crippen LogP contribution in [0, 0.1) is 22.3 Å². The molecule has 0 unspecified atom stereocenters. The zero-order valence-electron chi connectivity index (χ0n) is 18.1. The first-order chi connectivity index (χ1) is 15.2. The lowest BCUT2D eigenvalue weighted by Crippen LogP contribution is -2.23. The van der Waals surface area contributed by atoms with Gasteiger partial charge >= 0.3 is 0 Å². The second-order valence-corrected chi connectivity index (χ2v) is 7.93. The van der Waals surface area contributed by atoms with Crippen LogP contribution in [0.25, 0.3) is 16.6 Å². The molecule has 1 aromatic carbocycles. The normalized spacial score (nSPS) is 12.4. The molecule has 0 radical (unpaired) electrons. The Kier molecular flexibility index (Phi) is 6.53. The molecule has 9 nitrogen and oxygen atoms in total. The summed E-state index contributed by atoms with van der Waals surface area (Å²) < 4.78 is 33.1. The molecule has 0 amide bonds. The number of nitriles is 1. The molecule has 2 aromatic heterocycles. The van der Waals surface area contributed by atoms with E-state index in [0.29, 0.717) is 35.1 Å². The highest BCUT2D eigenvalue weighted by molar-refractivity contribution is 5.87. The number of hydrogen-bond acceptors (Lipinski definition) is 8. The molecule has 1 atom stereocenters. The zero-order valence-corrected chi connectivity index (χ0v) is 18.1. The first-order valence-corrected chi connectivity index (χ1v) is 9.84. The van der Waals surface area contributed by atoms with E-state index in [9.17, 15) is 14.0 Å². The van der Waals surface area contributed by atoms with Gasteiger partial charge in [0.2, 0.25) is 11.8 Å². The summed E-state index contributed by atoms with van der Waals surface area (Å²) in [5, 5.41) is 22.8. The lowest BCUT2D eigenvalue weighted by atomic mass is 9.96. The molecule has 0 saturated carbocycles. The second kappa shape index (κ2) is 9.13. The van der Waals surface area contributed by atoms with Crippen molar-refractivity contribution in [2.45, 2.75) is 33.2 Å². The van der Waals surface area contributed by atoms with Crippen molar-refractivity contribution in [3.05, 3.63) is 30.5 Å². The molecular formula is C21H24F2N8O. The Balaban J connectivity index is 2.03. The highest BCUT2D eigenvalue weighted by atomic mass is 19.3. The lowest BCUT2D eigenvalue weighted by molar-refractivity contribution is 0.131. The predicted octanol–water partition coefficient (Wildman–Crippen LogP) is 5.09. The van der Waals surface area contributed by atoms with Gasteiger partial charge in [-0.1, -0.05) is 6.07 Å². The van der Waals surface area contributed by atoms with Gasteiger partial charge in [0.1, 0.15) is 11.2 Å². The number of anilines is 2. The first-order valence-electron chi connectivity index (χ1n) is 9.84. The molecule has 3 N–H and O–H groups in total. The average Bonchev–Trinajstić information content (AvgIpc) is 3.21. The van der Waals surface area contributed by atoms with Gasteiger partial charge in [0, 0.05) is 18.3 Å². The number of ether oxygens (including phenoxy) is 1. The Morgan fingerprint density at radius 3 is 2.72 bits per heavy atom. The van der Waals surface area contributed by atoms with Gasteiger partial charge in [0.25, 0.3) is 6.43 Å². The van der Waals surface area contributed by atoms with Crippen LogP contribution in [0.3, 0.4) is 0 Å². The molecule has 11 heteroatoms. The number of nitrogens with zero attached hydrogens (tertiary/aromatic N) is 5. The molecule has 0 aliphatic heterocycles. The van der Waals surface area contributed by atoms with Crippen LogP contribution < -0.4 is 15.4 Å². The van der Waals surface area contributed by atoms with Gasteiger partial charge in [-0.2, -0.15) is 15.4 Å². The quantitative estimate of drug-likeness (QED) is 0.396. The molecule has 0 fully saturated rings. The van der Waals surface area contributed by atoms with Gasteiger partial charge in [-0.25, -0.2) is 18.8 Å². The number of alkyl halides is 2. The average molecular weight is 442 g/mol. The van der Waals surface area contributed by atoms with E-state index < -0.39 is 17.9 Å². The smallest absolute Gasteiger partial charge is 0.258 e. The fraction of sp³-hybridized carbons (Fsp3) is 0.381. The standard InChI is InChI=1S/C21H24F2N8O/c1-12(18(22)23)27-16-9-13(5-6-15(16)29-25)14-7-8-31-17(14)19(32-4)28-20(30-31)26-11-21(2,3)10-24/h5-9,12,18,25,27H,11H2,1-4H3,(H,26,30)/t12-/m0/s1. The fourth-order valence-corrected chi connectivity index (χ4v) is 3.01. The van der Waals surface area contributed by atoms with Crippen LogP contribution >= 0.6 is 0 Å². The van der Waals surface area contributed by atoms with E-state index in [0.717, 1.165) is 5.56 Å². The first kappa shape index (κ1) is 22.9. The van der Waals surface area contributed by atoms with Gasteiger partial charge in [-0.05, 0) is 44.5 Å². The number of halogens is 2. The number of methoxy groups -OCH3 is 1. The molecule has 0 aliphatic rings. The van der Waals surface area contributed by atoms with Gasteiger partial charge in [0.05, 0.1) is 30.3 Å². The molecular weight excluding hydrogens is 418 g/mol. The van der Waals surface area contributed by atoms with Gasteiger partial charge in [0.15, 0.2) is 0 Å². The maximum Gasteiger partial charge on any atom is 0.258 e. The van der Waals surface area contributed by atoms with Crippen LogP contribution in [-0.2, 0) is 0 Å². The van der Waals surface area contributed by atoms with Crippen LogP contribution in [0.1, 0.15) is 20.8 Å². The number of rotatable bonds is 9. The fourth-order valence-electron chi connectivity index (χ4n) is 3.01. The summed E-state index contributed by atoms with van der Waals surface area (Å²) in [6.07, 6.45) is -0.842. The van der Waals surface area contributed by atoms with Gasteiger partial charge in [-0.3, -0.25) is 0 Å². The SMILES string of the molecule is COc1nc(NCC(C)(C)C#N)nn2ccc(-c3ccc(N=N)c(N[C@@H](C)C(F)F)c3)c12. The molecule has 3 aromatic rings. The zero-order chi connectivity index (χ0) is 23.5. The largest absolute Gasteiger partial charge is 0.479 e. The highest BCUT2D eigenvalue weighted by Crippen LogP contribution is 2.36. The minimum atomic E-state index is -2.57. The van der Waals surface area contributed by atoms with Crippen molar-refractivity contribution in [2.24, 2.45) is 10.5 Å². The Morgan fingerprint density at radius 2 is 2.09 bits per heavy atom. The van der Waals surface area contributed by atoms with Crippen molar-refractivity contribution in [1.82, 2.24) is 14.6 Å². The summed E-state index contributed by atoms with van der Waals surface area (Å²) >= 11 is 0. The summed E-state index contributed by atoms with van der Waals surface area (Å²) in [6, 6.07) is 7.88. The summed E-state index contributed by atoms with van der Waals surface area (Å²) in [5.74, 6) is 0.610. The topological polar surface area (TPSA) is 123 Å². The van der Waals surface area contributed by atoms with Crippen LogP contribution in [0.15, 0.2) is 35.6 Å². The van der Waals surface area contributed by atoms with E-state index >= 15 is 0 Å². The number of nitrogens with one attached hydrogen (secondary N) is 3. The van der Waals surface area contributed by atoms with Crippen LogP contribution in [-0.4, -0.2) is 40.7 Å². The van der Waals surface area contributed by atoms with E-state index in [1.165, 1.54) is 14.0 Å². The Bertz CT molecular complexity index is 1170. The highest BCUT2D eigenvalue weighted by Gasteiger charge is 2.20. The van der Waals surface area contributed by atoms with Crippen LogP contribution in [0.2, 0.25) is 0 Å². The predicted molar refractivity (Wildman–Crippen MR) is 117 cm³/mol. The Labute approximate surface area is 183 Å². The van der Waals surface area contributed by atoms with E-state index in [1.807, 2.05) is 6.07 Å². The summed E-state index contributed by atoms with van der Waals surface area (Å²) in [7, 11) is 1.49. The lowest BCUT2D eigenvalue weighted by Gasteiger charge is -2.17.